The van der Waals surface area contributed by atoms with Crippen molar-refractivity contribution >= 4 is 40.8 Å². The number of amides is 3. The van der Waals surface area contributed by atoms with E-state index < -0.39 is 0 Å². The summed E-state index contributed by atoms with van der Waals surface area (Å²) in [4.78, 5) is 29.8. The predicted molar refractivity (Wildman–Crippen MR) is 136 cm³/mol. The van der Waals surface area contributed by atoms with E-state index in [2.05, 4.69) is 27.7 Å². The van der Waals surface area contributed by atoms with Crippen LogP contribution in [0, 0.1) is 12.8 Å². The molecule has 3 amide bonds. The minimum absolute atomic E-state index is 0.0258. The first-order valence-electron chi connectivity index (χ1n) is 11.5. The second kappa shape index (κ2) is 10.8. The molecule has 33 heavy (non-hydrogen) atoms. The van der Waals surface area contributed by atoms with Crippen molar-refractivity contribution in [1.82, 2.24) is 4.90 Å². The van der Waals surface area contributed by atoms with Gasteiger partial charge in [0.15, 0.2) is 0 Å². The van der Waals surface area contributed by atoms with Crippen molar-refractivity contribution in [2.75, 3.05) is 60.3 Å². The van der Waals surface area contributed by atoms with Gasteiger partial charge in [0.1, 0.15) is 5.75 Å². The Bertz CT molecular complexity index is 985. The van der Waals surface area contributed by atoms with Crippen LogP contribution in [0.1, 0.15) is 18.4 Å². The van der Waals surface area contributed by atoms with Crippen molar-refractivity contribution in [2.45, 2.75) is 19.8 Å². The normalized spacial score (nSPS) is 16.9. The van der Waals surface area contributed by atoms with E-state index in [4.69, 9.17) is 4.74 Å². The third-order valence-electron chi connectivity index (χ3n) is 6.35. The average molecular weight is 469 g/mol. The van der Waals surface area contributed by atoms with Crippen LogP contribution in [0.15, 0.2) is 42.5 Å². The van der Waals surface area contributed by atoms with Gasteiger partial charge in [0.2, 0.25) is 5.91 Å². The minimum atomic E-state index is -0.123. The zero-order valence-corrected chi connectivity index (χ0v) is 20.1. The van der Waals surface area contributed by atoms with Crippen LogP contribution in [0.3, 0.4) is 0 Å². The number of piperidine rings is 1. The molecular weight excluding hydrogens is 436 g/mol. The number of thioether (sulfide) groups is 1. The molecule has 0 saturated carbocycles. The largest absolute Gasteiger partial charge is 0.495 e. The molecule has 2 heterocycles. The topological polar surface area (TPSA) is 73.9 Å². The molecule has 2 saturated heterocycles. The van der Waals surface area contributed by atoms with Gasteiger partial charge in [-0.25, -0.2) is 4.79 Å². The molecule has 4 rings (SSSR count). The summed E-state index contributed by atoms with van der Waals surface area (Å²) in [5.41, 5.74) is 3.79. The Morgan fingerprint density at radius 1 is 0.970 bits per heavy atom. The van der Waals surface area contributed by atoms with E-state index in [-0.39, 0.29) is 17.9 Å². The van der Waals surface area contributed by atoms with Crippen molar-refractivity contribution in [2.24, 2.45) is 5.92 Å². The number of nitrogens with zero attached hydrogens (tertiary/aromatic N) is 2. The van der Waals surface area contributed by atoms with E-state index >= 15 is 0 Å². The summed E-state index contributed by atoms with van der Waals surface area (Å²) in [7, 11) is 1.59. The molecule has 0 atom stereocenters. The molecule has 0 aromatic heterocycles. The summed E-state index contributed by atoms with van der Waals surface area (Å²) < 4.78 is 5.31. The van der Waals surface area contributed by atoms with Gasteiger partial charge in [-0.3, -0.25) is 4.79 Å². The number of likely N-dealkylation sites (tertiary alicyclic amines) is 1. The number of urea groups is 1. The van der Waals surface area contributed by atoms with Gasteiger partial charge in [0.25, 0.3) is 0 Å². The lowest BCUT2D eigenvalue weighted by atomic mass is 9.96. The molecule has 0 aliphatic carbocycles. The molecular formula is C25H32N4O3S. The maximum atomic E-state index is 12.8. The zero-order valence-electron chi connectivity index (χ0n) is 19.3. The van der Waals surface area contributed by atoms with E-state index in [1.807, 2.05) is 49.0 Å². The fraction of sp³-hybridized carbons (Fsp3) is 0.440. The minimum Gasteiger partial charge on any atom is -0.495 e. The number of carbonyl (C=O) groups excluding carboxylic acids is 2. The first kappa shape index (κ1) is 23.3. The molecule has 176 valence electrons. The Labute approximate surface area is 199 Å². The third kappa shape index (κ3) is 5.74. The summed E-state index contributed by atoms with van der Waals surface area (Å²) in [6.07, 6.45) is 1.28. The van der Waals surface area contributed by atoms with Crippen LogP contribution < -0.4 is 20.3 Å². The van der Waals surface area contributed by atoms with Crippen LogP contribution in [-0.2, 0) is 4.79 Å². The van der Waals surface area contributed by atoms with Gasteiger partial charge < -0.3 is 25.2 Å². The number of aryl methyl sites for hydroxylation is 1. The number of ether oxygens (including phenoxy) is 1. The molecule has 0 bridgehead atoms. The molecule has 2 aromatic rings. The first-order valence-corrected chi connectivity index (χ1v) is 12.6. The Balaban J connectivity index is 1.29. The monoisotopic (exact) mass is 468 g/mol. The lowest BCUT2D eigenvalue weighted by Crippen LogP contribution is -2.43. The average Bonchev–Trinajstić information content (AvgIpc) is 2.86. The summed E-state index contributed by atoms with van der Waals surface area (Å²) in [6.45, 7) is 5.27. The van der Waals surface area contributed by atoms with E-state index in [0.717, 1.165) is 35.8 Å². The second-order valence-corrected chi connectivity index (χ2v) is 9.70. The molecule has 2 N–H and O–H groups in total. The highest BCUT2D eigenvalue weighted by molar-refractivity contribution is 7.99. The molecule has 2 aromatic carbocycles. The number of hydrogen-bond acceptors (Lipinski definition) is 5. The van der Waals surface area contributed by atoms with E-state index in [1.165, 1.54) is 5.69 Å². The molecule has 0 radical (unpaired) electrons. The zero-order chi connectivity index (χ0) is 23.2. The summed E-state index contributed by atoms with van der Waals surface area (Å²) >= 11 is 1.99. The van der Waals surface area contributed by atoms with Gasteiger partial charge in [0, 0.05) is 55.0 Å². The Morgan fingerprint density at radius 3 is 2.39 bits per heavy atom. The lowest BCUT2D eigenvalue weighted by molar-refractivity contribution is -0.121. The van der Waals surface area contributed by atoms with Gasteiger partial charge >= 0.3 is 6.03 Å². The van der Waals surface area contributed by atoms with Crippen LogP contribution >= 0.6 is 11.8 Å². The number of rotatable bonds is 5. The van der Waals surface area contributed by atoms with Crippen molar-refractivity contribution in [1.29, 1.82) is 0 Å². The van der Waals surface area contributed by atoms with Gasteiger partial charge in [-0.15, -0.1) is 0 Å². The standard InChI is InChI=1S/C25H32N4O3S/c1-18-17-20(28-13-15-33-16-14-28)7-8-21(18)27-25(31)29-11-9-19(10-12-29)24(30)26-22-5-3-4-6-23(22)32-2/h3-8,17,19H,9-16H2,1-2H3,(H,26,30)(H,27,31). The fourth-order valence-corrected chi connectivity index (χ4v) is 5.23. The maximum Gasteiger partial charge on any atom is 0.321 e. The quantitative estimate of drug-likeness (QED) is 0.679. The predicted octanol–water partition coefficient (Wildman–Crippen LogP) is 4.44. The van der Waals surface area contributed by atoms with Gasteiger partial charge in [-0.2, -0.15) is 11.8 Å². The van der Waals surface area contributed by atoms with Crippen LogP contribution in [-0.4, -0.2) is 61.6 Å². The van der Waals surface area contributed by atoms with Crippen molar-refractivity contribution in [3.05, 3.63) is 48.0 Å². The number of anilines is 3. The van der Waals surface area contributed by atoms with Crippen LogP contribution in [0.4, 0.5) is 21.9 Å². The smallest absolute Gasteiger partial charge is 0.321 e. The van der Waals surface area contributed by atoms with Crippen molar-refractivity contribution in [3.63, 3.8) is 0 Å². The van der Waals surface area contributed by atoms with Crippen LogP contribution in [0.2, 0.25) is 0 Å². The first-order chi connectivity index (χ1) is 16.0. The number of benzene rings is 2. The number of nitrogens with one attached hydrogen (secondary N) is 2. The van der Waals surface area contributed by atoms with E-state index in [1.54, 1.807) is 12.0 Å². The molecule has 2 aliphatic heterocycles. The molecule has 2 aliphatic rings. The van der Waals surface area contributed by atoms with Gasteiger partial charge in [-0.1, -0.05) is 12.1 Å². The molecule has 7 nitrogen and oxygen atoms in total. The van der Waals surface area contributed by atoms with Crippen molar-refractivity contribution < 1.29 is 14.3 Å². The summed E-state index contributed by atoms with van der Waals surface area (Å²) in [6, 6.07) is 13.5. The fourth-order valence-electron chi connectivity index (χ4n) is 4.33. The molecule has 0 spiro atoms. The van der Waals surface area contributed by atoms with E-state index in [0.29, 0.717) is 37.4 Å². The lowest BCUT2D eigenvalue weighted by Gasteiger charge is -2.32. The highest BCUT2D eigenvalue weighted by atomic mass is 32.2. The van der Waals surface area contributed by atoms with E-state index in [9.17, 15) is 9.59 Å². The van der Waals surface area contributed by atoms with Crippen molar-refractivity contribution in [3.8, 4) is 5.75 Å². The second-order valence-electron chi connectivity index (χ2n) is 8.48. The Morgan fingerprint density at radius 2 is 1.70 bits per heavy atom. The highest BCUT2D eigenvalue weighted by Gasteiger charge is 2.28. The Kier molecular flexibility index (Phi) is 7.65. The number of hydrogen-bond donors (Lipinski definition) is 2. The van der Waals surface area contributed by atoms with Gasteiger partial charge in [0.05, 0.1) is 12.8 Å². The number of carbonyl (C=O) groups is 2. The van der Waals surface area contributed by atoms with Crippen LogP contribution in [0.5, 0.6) is 5.75 Å². The molecule has 0 unspecified atom stereocenters. The van der Waals surface area contributed by atoms with Crippen LogP contribution in [0.25, 0.3) is 0 Å². The van der Waals surface area contributed by atoms with Gasteiger partial charge in [-0.05, 0) is 55.7 Å². The Hall–Kier alpha value is -2.87. The maximum absolute atomic E-state index is 12.8. The number of para-hydroxylation sites is 2. The highest BCUT2D eigenvalue weighted by Crippen LogP contribution is 2.27. The molecule has 8 heteroatoms. The SMILES string of the molecule is COc1ccccc1NC(=O)C1CCN(C(=O)Nc2ccc(N3CCSCC3)cc2C)CC1. The number of methoxy groups -OCH3 is 1. The molecule has 2 fully saturated rings. The summed E-state index contributed by atoms with van der Waals surface area (Å²) in [5.74, 6) is 2.81. The summed E-state index contributed by atoms with van der Waals surface area (Å²) in [5, 5.41) is 6.02. The third-order valence-corrected chi connectivity index (χ3v) is 7.29.